The van der Waals surface area contributed by atoms with Crippen molar-refractivity contribution < 1.29 is 5.11 Å². The molecule has 2 saturated carbocycles. The van der Waals surface area contributed by atoms with Crippen LogP contribution in [0.2, 0.25) is 0 Å². The fourth-order valence-electron chi connectivity index (χ4n) is 4.55. The molecule has 0 amide bonds. The molecule has 2 nitrogen and oxygen atoms in total. The zero-order valence-electron chi connectivity index (χ0n) is 11.0. The molecule has 98 valence electrons. The first kappa shape index (κ1) is 12.0. The zero-order chi connectivity index (χ0) is 11.7. The van der Waals surface area contributed by atoms with E-state index in [4.69, 9.17) is 0 Å². The van der Waals surface area contributed by atoms with Crippen molar-refractivity contribution in [3.05, 3.63) is 0 Å². The molecule has 1 N–H and O–H groups in total. The second kappa shape index (κ2) is 5.27. The summed E-state index contributed by atoms with van der Waals surface area (Å²) >= 11 is 0. The third-order valence-corrected chi connectivity index (χ3v) is 5.41. The van der Waals surface area contributed by atoms with E-state index in [1.807, 2.05) is 0 Å². The van der Waals surface area contributed by atoms with Gasteiger partial charge in [0.15, 0.2) is 0 Å². The lowest BCUT2D eigenvalue weighted by Gasteiger charge is -2.40. The van der Waals surface area contributed by atoms with E-state index >= 15 is 0 Å². The number of aliphatic hydroxyl groups excluding tert-OH is 1. The lowest BCUT2D eigenvalue weighted by atomic mass is 9.88. The Hall–Kier alpha value is -0.0800. The smallest absolute Gasteiger partial charge is 0.0695 e. The Morgan fingerprint density at radius 3 is 2.12 bits per heavy atom. The fraction of sp³-hybridized carbons (Fsp3) is 1.00. The van der Waals surface area contributed by atoms with Crippen molar-refractivity contribution >= 4 is 0 Å². The van der Waals surface area contributed by atoms with E-state index in [1.54, 1.807) is 0 Å². The summed E-state index contributed by atoms with van der Waals surface area (Å²) in [6, 6.07) is 1.31. The number of nitrogens with zero attached hydrogens (tertiary/aromatic N) is 1. The van der Waals surface area contributed by atoms with Gasteiger partial charge in [0.05, 0.1) is 6.10 Å². The van der Waals surface area contributed by atoms with E-state index < -0.39 is 0 Å². The van der Waals surface area contributed by atoms with Crippen LogP contribution in [0.25, 0.3) is 0 Å². The molecule has 1 saturated heterocycles. The summed E-state index contributed by atoms with van der Waals surface area (Å²) in [4.78, 5) is 2.71. The van der Waals surface area contributed by atoms with Crippen molar-refractivity contribution in [1.29, 1.82) is 0 Å². The van der Waals surface area contributed by atoms with Crippen LogP contribution in [0, 0.1) is 5.92 Å². The molecular formula is C15H27NO. The highest BCUT2D eigenvalue weighted by Crippen LogP contribution is 2.38. The Labute approximate surface area is 105 Å². The minimum Gasteiger partial charge on any atom is -0.391 e. The summed E-state index contributed by atoms with van der Waals surface area (Å²) in [6.45, 7) is 1.25. The van der Waals surface area contributed by atoms with Gasteiger partial charge in [0.1, 0.15) is 0 Å². The molecule has 0 aromatic carbocycles. The van der Waals surface area contributed by atoms with Crippen LogP contribution in [0.5, 0.6) is 0 Å². The number of rotatable bonds is 2. The first-order chi connectivity index (χ1) is 8.36. The van der Waals surface area contributed by atoms with Crippen LogP contribution >= 0.6 is 0 Å². The third-order valence-electron chi connectivity index (χ3n) is 5.41. The molecule has 2 aliphatic carbocycles. The molecule has 0 aromatic rings. The molecule has 1 unspecified atom stereocenters. The van der Waals surface area contributed by atoms with Crippen LogP contribution in [0.1, 0.15) is 64.2 Å². The van der Waals surface area contributed by atoms with Gasteiger partial charge in [-0.25, -0.2) is 0 Å². The van der Waals surface area contributed by atoms with Gasteiger partial charge in [-0.1, -0.05) is 25.7 Å². The van der Waals surface area contributed by atoms with Crippen LogP contribution < -0.4 is 0 Å². The van der Waals surface area contributed by atoms with Gasteiger partial charge >= 0.3 is 0 Å². The largest absolute Gasteiger partial charge is 0.391 e. The molecule has 3 rings (SSSR count). The van der Waals surface area contributed by atoms with Crippen molar-refractivity contribution in [3.63, 3.8) is 0 Å². The van der Waals surface area contributed by atoms with Crippen LogP contribution in [-0.4, -0.2) is 34.7 Å². The second-order valence-electron chi connectivity index (χ2n) is 6.41. The number of likely N-dealkylation sites (tertiary alicyclic amines) is 1. The van der Waals surface area contributed by atoms with Crippen molar-refractivity contribution in [3.8, 4) is 0 Å². The van der Waals surface area contributed by atoms with Gasteiger partial charge < -0.3 is 5.11 Å². The zero-order valence-corrected chi connectivity index (χ0v) is 11.0. The molecule has 0 aromatic heterocycles. The van der Waals surface area contributed by atoms with Crippen LogP contribution in [0.15, 0.2) is 0 Å². The molecular weight excluding hydrogens is 210 g/mol. The number of hydrogen-bond donors (Lipinski definition) is 1. The molecule has 0 bridgehead atoms. The van der Waals surface area contributed by atoms with Gasteiger partial charge in [-0.15, -0.1) is 0 Å². The maximum absolute atomic E-state index is 10.2. The Balaban J connectivity index is 1.67. The summed E-state index contributed by atoms with van der Waals surface area (Å²) in [5.74, 6) is 0.951. The Morgan fingerprint density at radius 2 is 1.35 bits per heavy atom. The molecule has 0 spiro atoms. The van der Waals surface area contributed by atoms with Crippen molar-refractivity contribution in [1.82, 2.24) is 4.90 Å². The monoisotopic (exact) mass is 237 g/mol. The van der Waals surface area contributed by atoms with E-state index in [0.717, 1.165) is 18.4 Å². The fourth-order valence-corrected chi connectivity index (χ4v) is 4.55. The van der Waals surface area contributed by atoms with Crippen LogP contribution in [0.3, 0.4) is 0 Å². The first-order valence-electron chi connectivity index (χ1n) is 7.80. The third kappa shape index (κ3) is 2.39. The molecule has 3 fully saturated rings. The molecule has 1 aliphatic heterocycles. The van der Waals surface area contributed by atoms with Gasteiger partial charge in [0, 0.05) is 12.1 Å². The lowest BCUT2D eigenvalue weighted by molar-refractivity contribution is 0.00265. The molecule has 17 heavy (non-hydrogen) atoms. The van der Waals surface area contributed by atoms with Crippen LogP contribution in [0.4, 0.5) is 0 Å². The van der Waals surface area contributed by atoms with E-state index in [0.29, 0.717) is 6.04 Å². The quantitative estimate of drug-likeness (QED) is 0.798. The minimum absolute atomic E-state index is 0.0363. The van der Waals surface area contributed by atoms with Crippen molar-refractivity contribution in [2.24, 2.45) is 5.92 Å². The van der Waals surface area contributed by atoms with E-state index in [2.05, 4.69) is 4.90 Å². The maximum Gasteiger partial charge on any atom is 0.0695 e. The van der Waals surface area contributed by atoms with Gasteiger partial charge in [-0.3, -0.25) is 4.90 Å². The Morgan fingerprint density at radius 1 is 0.706 bits per heavy atom. The molecule has 3 aliphatic rings. The SMILES string of the molecule is O[C@@H]1CCCC[C@H]1N1CCCC1C1CCCC1. The number of hydrogen-bond acceptors (Lipinski definition) is 2. The van der Waals surface area contributed by atoms with Crippen molar-refractivity contribution in [2.45, 2.75) is 82.4 Å². The average molecular weight is 237 g/mol. The highest BCUT2D eigenvalue weighted by Gasteiger charge is 2.39. The van der Waals surface area contributed by atoms with Gasteiger partial charge in [-0.2, -0.15) is 0 Å². The normalized spacial score (nSPS) is 41.1. The first-order valence-corrected chi connectivity index (χ1v) is 7.80. The summed E-state index contributed by atoms with van der Waals surface area (Å²) < 4.78 is 0. The topological polar surface area (TPSA) is 23.5 Å². The molecule has 3 atom stereocenters. The molecule has 0 radical (unpaired) electrons. The molecule has 1 heterocycles. The van der Waals surface area contributed by atoms with E-state index in [9.17, 15) is 5.11 Å². The van der Waals surface area contributed by atoms with E-state index in [-0.39, 0.29) is 6.10 Å². The van der Waals surface area contributed by atoms with Crippen molar-refractivity contribution in [2.75, 3.05) is 6.54 Å². The summed E-state index contributed by atoms with van der Waals surface area (Å²) in [7, 11) is 0. The lowest BCUT2D eigenvalue weighted by Crippen LogP contribution is -2.49. The minimum atomic E-state index is -0.0363. The standard InChI is InChI=1S/C15H27NO/c17-15-10-4-3-8-14(15)16-11-5-9-13(16)12-6-1-2-7-12/h12-15,17H,1-11H2/t13?,14-,15-/m1/s1. The predicted octanol–water partition coefficient (Wildman–Crippen LogP) is 2.94. The molecule has 2 heteroatoms. The highest BCUT2D eigenvalue weighted by molar-refractivity contribution is 4.94. The maximum atomic E-state index is 10.2. The summed E-state index contributed by atoms with van der Waals surface area (Å²) in [6.07, 6.45) is 13.4. The Kier molecular flexibility index (Phi) is 3.72. The highest BCUT2D eigenvalue weighted by atomic mass is 16.3. The average Bonchev–Trinajstić information content (AvgIpc) is 3.00. The van der Waals surface area contributed by atoms with Gasteiger partial charge in [0.25, 0.3) is 0 Å². The second-order valence-corrected chi connectivity index (χ2v) is 6.41. The van der Waals surface area contributed by atoms with Gasteiger partial charge in [-0.05, 0) is 51.0 Å². The summed E-state index contributed by atoms with van der Waals surface area (Å²) in [5.41, 5.74) is 0. The van der Waals surface area contributed by atoms with E-state index in [1.165, 1.54) is 64.3 Å². The van der Waals surface area contributed by atoms with Gasteiger partial charge in [0.2, 0.25) is 0 Å². The van der Waals surface area contributed by atoms with Crippen LogP contribution in [-0.2, 0) is 0 Å². The summed E-state index contributed by atoms with van der Waals surface area (Å²) in [5, 5.41) is 10.2. The Bertz CT molecular complexity index is 249. The number of aliphatic hydroxyl groups is 1. The predicted molar refractivity (Wildman–Crippen MR) is 69.9 cm³/mol.